The van der Waals surface area contributed by atoms with Crippen LogP contribution in [-0.2, 0) is 25.4 Å². The van der Waals surface area contributed by atoms with Crippen molar-refractivity contribution in [3.05, 3.63) is 39.8 Å². The van der Waals surface area contributed by atoms with Crippen LogP contribution in [0.15, 0.2) is 23.7 Å². The summed E-state index contributed by atoms with van der Waals surface area (Å²) in [5, 5.41) is 10.2. The summed E-state index contributed by atoms with van der Waals surface area (Å²) in [5.74, 6) is 0. The second-order valence-electron chi connectivity index (χ2n) is 5.93. The SMILES string of the molecule is Cn1cc(CNCCc2cccs2)c(C(C)(C)C)n1. The van der Waals surface area contributed by atoms with Gasteiger partial charge in [0.2, 0.25) is 0 Å². The lowest BCUT2D eigenvalue weighted by Gasteiger charge is -2.17. The fourth-order valence-electron chi connectivity index (χ4n) is 2.19. The van der Waals surface area contributed by atoms with Crippen LogP contribution in [0.2, 0.25) is 0 Å². The lowest BCUT2D eigenvalue weighted by Crippen LogP contribution is -2.20. The van der Waals surface area contributed by atoms with Crippen molar-refractivity contribution in [2.24, 2.45) is 7.05 Å². The number of nitrogens with zero attached hydrogens (tertiary/aromatic N) is 2. The van der Waals surface area contributed by atoms with Gasteiger partial charge in [-0.1, -0.05) is 26.8 Å². The zero-order valence-electron chi connectivity index (χ0n) is 12.2. The van der Waals surface area contributed by atoms with Crippen LogP contribution in [0.1, 0.15) is 36.9 Å². The molecule has 0 spiro atoms. The van der Waals surface area contributed by atoms with Crippen LogP contribution in [0, 0.1) is 0 Å². The lowest BCUT2D eigenvalue weighted by atomic mass is 9.89. The molecule has 0 aliphatic rings. The largest absolute Gasteiger partial charge is 0.312 e. The fourth-order valence-corrected chi connectivity index (χ4v) is 2.90. The molecule has 2 aromatic heterocycles. The molecule has 0 atom stereocenters. The summed E-state index contributed by atoms with van der Waals surface area (Å²) >= 11 is 1.82. The van der Waals surface area contributed by atoms with Crippen LogP contribution >= 0.6 is 11.3 Å². The summed E-state index contributed by atoms with van der Waals surface area (Å²) in [6, 6.07) is 4.30. The van der Waals surface area contributed by atoms with Crippen molar-refractivity contribution in [3.8, 4) is 0 Å². The smallest absolute Gasteiger partial charge is 0.0722 e. The standard InChI is InChI=1S/C15H23N3S/c1-15(2,3)14-12(11-18(4)17-14)10-16-8-7-13-6-5-9-19-13/h5-6,9,11,16H,7-8,10H2,1-4H3. The van der Waals surface area contributed by atoms with Crippen LogP contribution < -0.4 is 5.32 Å². The predicted molar refractivity (Wildman–Crippen MR) is 81.6 cm³/mol. The second-order valence-corrected chi connectivity index (χ2v) is 6.96. The first-order valence-electron chi connectivity index (χ1n) is 6.73. The third-order valence-electron chi connectivity index (χ3n) is 3.06. The Bertz CT molecular complexity index is 506. The number of thiophene rings is 1. The Hall–Kier alpha value is -1.13. The molecule has 0 amide bonds. The maximum Gasteiger partial charge on any atom is 0.0722 e. The summed E-state index contributed by atoms with van der Waals surface area (Å²) < 4.78 is 1.91. The van der Waals surface area contributed by atoms with E-state index in [-0.39, 0.29) is 5.41 Å². The molecule has 0 bridgehead atoms. The molecule has 0 radical (unpaired) electrons. The zero-order valence-corrected chi connectivity index (χ0v) is 13.0. The molecule has 1 N–H and O–H groups in total. The lowest BCUT2D eigenvalue weighted by molar-refractivity contribution is 0.543. The Balaban J connectivity index is 1.89. The molecule has 104 valence electrons. The molecule has 0 saturated heterocycles. The predicted octanol–water partition coefficient (Wildman–Crippen LogP) is 3.11. The van der Waals surface area contributed by atoms with E-state index in [1.807, 2.05) is 23.1 Å². The zero-order chi connectivity index (χ0) is 13.9. The normalized spacial score (nSPS) is 12.0. The van der Waals surface area contributed by atoms with Crippen molar-refractivity contribution in [3.63, 3.8) is 0 Å². The third kappa shape index (κ3) is 3.91. The average Bonchev–Trinajstić information content (AvgIpc) is 2.93. The summed E-state index contributed by atoms with van der Waals surface area (Å²) in [5.41, 5.74) is 2.60. The fraction of sp³-hybridized carbons (Fsp3) is 0.533. The molecule has 4 heteroatoms. The van der Waals surface area contributed by atoms with Gasteiger partial charge < -0.3 is 5.32 Å². The van der Waals surface area contributed by atoms with Crippen LogP contribution in [0.3, 0.4) is 0 Å². The van der Waals surface area contributed by atoms with Crippen LogP contribution in [-0.4, -0.2) is 16.3 Å². The van der Waals surface area contributed by atoms with E-state index in [4.69, 9.17) is 0 Å². The third-order valence-corrected chi connectivity index (χ3v) is 3.99. The van der Waals surface area contributed by atoms with Gasteiger partial charge in [-0.3, -0.25) is 4.68 Å². The topological polar surface area (TPSA) is 29.9 Å². The van der Waals surface area contributed by atoms with Crippen LogP contribution in [0.4, 0.5) is 0 Å². The van der Waals surface area contributed by atoms with Gasteiger partial charge in [0.15, 0.2) is 0 Å². The molecular weight excluding hydrogens is 254 g/mol. The highest BCUT2D eigenvalue weighted by Crippen LogP contribution is 2.23. The molecule has 0 aliphatic heterocycles. The van der Waals surface area contributed by atoms with Crippen LogP contribution in [0.25, 0.3) is 0 Å². The maximum atomic E-state index is 4.59. The summed E-state index contributed by atoms with van der Waals surface area (Å²) in [4.78, 5) is 1.44. The highest BCUT2D eigenvalue weighted by molar-refractivity contribution is 7.09. The first kappa shape index (κ1) is 14.3. The Morgan fingerprint density at radius 3 is 2.79 bits per heavy atom. The van der Waals surface area contributed by atoms with Gasteiger partial charge in [0.1, 0.15) is 0 Å². The highest BCUT2D eigenvalue weighted by Gasteiger charge is 2.21. The number of rotatable bonds is 5. The molecule has 2 heterocycles. The molecule has 2 rings (SSSR count). The number of aryl methyl sites for hydroxylation is 1. The van der Waals surface area contributed by atoms with Gasteiger partial charge in [-0.25, -0.2) is 0 Å². The number of hydrogen-bond donors (Lipinski definition) is 1. The maximum absolute atomic E-state index is 4.59. The number of aromatic nitrogens is 2. The highest BCUT2D eigenvalue weighted by atomic mass is 32.1. The molecule has 3 nitrogen and oxygen atoms in total. The van der Waals surface area contributed by atoms with Crippen molar-refractivity contribution >= 4 is 11.3 Å². The Labute approximate surface area is 119 Å². The number of hydrogen-bond acceptors (Lipinski definition) is 3. The van der Waals surface area contributed by atoms with Gasteiger partial charge in [0.05, 0.1) is 5.69 Å². The first-order valence-corrected chi connectivity index (χ1v) is 7.61. The quantitative estimate of drug-likeness (QED) is 0.851. The van der Waals surface area contributed by atoms with Crippen molar-refractivity contribution in [2.45, 2.75) is 39.2 Å². The average molecular weight is 277 g/mol. The van der Waals surface area contributed by atoms with Gasteiger partial charge in [-0.2, -0.15) is 5.10 Å². The first-order chi connectivity index (χ1) is 8.97. The van der Waals surface area contributed by atoms with E-state index in [1.165, 1.54) is 16.1 Å². The molecule has 0 aliphatic carbocycles. The van der Waals surface area contributed by atoms with Crippen molar-refractivity contribution < 1.29 is 0 Å². The monoisotopic (exact) mass is 277 g/mol. The molecule has 0 aromatic carbocycles. The summed E-state index contributed by atoms with van der Waals surface area (Å²) in [7, 11) is 1.99. The van der Waals surface area contributed by atoms with E-state index in [0.717, 1.165) is 19.5 Å². The van der Waals surface area contributed by atoms with Gasteiger partial charge in [0.25, 0.3) is 0 Å². The van der Waals surface area contributed by atoms with E-state index in [0.29, 0.717) is 0 Å². The molecule has 0 saturated carbocycles. The number of nitrogens with one attached hydrogen (secondary N) is 1. The molecule has 19 heavy (non-hydrogen) atoms. The molecule has 2 aromatic rings. The van der Waals surface area contributed by atoms with E-state index in [1.54, 1.807) is 0 Å². The van der Waals surface area contributed by atoms with Crippen LogP contribution in [0.5, 0.6) is 0 Å². The van der Waals surface area contributed by atoms with Crippen molar-refractivity contribution in [1.82, 2.24) is 15.1 Å². The summed E-state index contributed by atoms with van der Waals surface area (Å²) in [6.45, 7) is 8.55. The van der Waals surface area contributed by atoms with E-state index < -0.39 is 0 Å². The Kier molecular flexibility index (Phi) is 4.42. The second kappa shape index (κ2) is 5.88. The minimum atomic E-state index is 0.103. The Morgan fingerprint density at radius 2 is 2.16 bits per heavy atom. The molecular formula is C15H23N3S. The van der Waals surface area contributed by atoms with Crippen molar-refractivity contribution in [1.29, 1.82) is 0 Å². The van der Waals surface area contributed by atoms with E-state index in [9.17, 15) is 0 Å². The van der Waals surface area contributed by atoms with Gasteiger partial charge in [-0.15, -0.1) is 11.3 Å². The van der Waals surface area contributed by atoms with Gasteiger partial charge >= 0.3 is 0 Å². The molecule has 0 fully saturated rings. The van der Waals surface area contributed by atoms with E-state index in [2.05, 4.69) is 54.9 Å². The summed E-state index contributed by atoms with van der Waals surface area (Å²) in [6.07, 6.45) is 3.22. The molecule has 0 unspecified atom stereocenters. The van der Waals surface area contributed by atoms with E-state index >= 15 is 0 Å². The van der Waals surface area contributed by atoms with Crippen molar-refractivity contribution in [2.75, 3.05) is 6.54 Å². The van der Waals surface area contributed by atoms with Gasteiger partial charge in [-0.05, 0) is 17.9 Å². The minimum Gasteiger partial charge on any atom is -0.312 e. The minimum absolute atomic E-state index is 0.103. The van der Waals surface area contributed by atoms with Gasteiger partial charge in [0, 0.05) is 42.2 Å². The Morgan fingerprint density at radius 1 is 1.37 bits per heavy atom.